The van der Waals surface area contributed by atoms with Crippen LogP contribution in [0.25, 0.3) is 0 Å². The minimum atomic E-state index is -1.47. The average molecular weight is 224 g/mol. The molecule has 0 N–H and O–H groups in total. The molecule has 0 aliphatic carbocycles. The summed E-state index contributed by atoms with van der Waals surface area (Å²) in [6, 6.07) is 1.03. The van der Waals surface area contributed by atoms with Crippen LogP contribution in [0.15, 0.2) is 36.7 Å². The van der Waals surface area contributed by atoms with Crippen molar-refractivity contribution in [3.05, 3.63) is 36.7 Å². The molecule has 0 aromatic rings. The first-order valence-electron chi connectivity index (χ1n) is 5.14. The third-order valence-electron chi connectivity index (χ3n) is 2.34. The zero-order valence-electron chi connectivity index (χ0n) is 9.66. The van der Waals surface area contributed by atoms with Gasteiger partial charge in [0.05, 0.1) is 14.7 Å². The van der Waals surface area contributed by atoms with Crippen LogP contribution in [0.2, 0.25) is 12.6 Å². The molecule has 0 unspecified atom stereocenters. The molecule has 15 heavy (non-hydrogen) atoms. The average Bonchev–Trinajstić information content (AvgIpc) is 2.24. The van der Waals surface area contributed by atoms with Crippen molar-refractivity contribution in [2.45, 2.75) is 25.9 Å². The van der Waals surface area contributed by atoms with Crippen molar-refractivity contribution in [1.29, 1.82) is 0 Å². The van der Waals surface area contributed by atoms with Crippen LogP contribution in [-0.2, 0) is 9.53 Å². The number of carbonyl (C=O) groups is 1. The third kappa shape index (κ3) is 6.07. The second kappa shape index (κ2) is 7.23. The van der Waals surface area contributed by atoms with Gasteiger partial charge >= 0.3 is 5.97 Å². The van der Waals surface area contributed by atoms with E-state index in [9.17, 15) is 4.79 Å². The fraction of sp³-hybridized carbons (Fsp3) is 0.417. The summed E-state index contributed by atoms with van der Waals surface area (Å²) >= 11 is 0. The summed E-state index contributed by atoms with van der Waals surface area (Å²) in [4.78, 5) is 11.0. The Morgan fingerprint density at radius 2 is 2.00 bits per heavy atom. The van der Waals surface area contributed by atoms with Crippen molar-refractivity contribution in [2.75, 3.05) is 6.61 Å². The van der Waals surface area contributed by atoms with Gasteiger partial charge in [0.1, 0.15) is 0 Å². The second-order valence-electron chi connectivity index (χ2n) is 3.69. The highest BCUT2D eigenvalue weighted by atomic mass is 28.3. The van der Waals surface area contributed by atoms with E-state index >= 15 is 0 Å². The Kier molecular flexibility index (Phi) is 6.70. The molecule has 3 heteroatoms. The highest BCUT2D eigenvalue weighted by molar-refractivity contribution is 6.87. The van der Waals surface area contributed by atoms with Crippen LogP contribution in [0.5, 0.6) is 0 Å². The van der Waals surface area contributed by atoms with Crippen molar-refractivity contribution in [2.24, 2.45) is 0 Å². The summed E-state index contributed by atoms with van der Waals surface area (Å²) in [6.45, 7) is 12.1. The van der Waals surface area contributed by atoms with Crippen LogP contribution < -0.4 is 0 Å². The maximum Gasteiger partial charge on any atom is 0.330 e. The predicted octanol–water partition coefficient (Wildman–Crippen LogP) is 3.02. The second-order valence-corrected chi connectivity index (χ2v) is 8.01. The standard InChI is InChI=1S/C12H20O2Si/c1-5-9-12(13)14-10-8-11-15(4,6-2)7-3/h5-7,9H,2-3,8,10-11H2,1,4H3. The summed E-state index contributed by atoms with van der Waals surface area (Å²) in [6.07, 6.45) is 3.98. The van der Waals surface area contributed by atoms with Crippen molar-refractivity contribution < 1.29 is 9.53 Å². The molecule has 2 nitrogen and oxygen atoms in total. The number of allylic oxidation sites excluding steroid dienone is 1. The topological polar surface area (TPSA) is 26.3 Å². The van der Waals surface area contributed by atoms with Crippen LogP contribution in [0.4, 0.5) is 0 Å². The van der Waals surface area contributed by atoms with E-state index in [-0.39, 0.29) is 5.97 Å². The molecule has 0 saturated carbocycles. The Hall–Kier alpha value is -1.09. The maximum absolute atomic E-state index is 11.0. The molecule has 84 valence electrons. The molecule has 0 heterocycles. The quantitative estimate of drug-likeness (QED) is 0.287. The van der Waals surface area contributed by atoms with Gasteiger partial charge in [-0.25, -0.2) is 4.79 Å². The van der Waals surface area contributed by atoms with E-state index < -0.39 is 8.07 Å². The number of rotatable bonds is 7. The highest BCUT2D eigenvalue weighted by Crippen LogP contribution is 2.14. The zero-order chi connectivity index (χ0) is 11.7. The molecule has 0 radical (unpaired) electrons. The van der Waals surface area contributed by atoms with Gasteiger partial charge in [0, 0.05) is 6.08 Å². The van der Waals surface area contributed by atoms with Crippen LogP contribution in [0.3, 0.4) is 0 Å². The molecule has 0 fully saturated rings. The van der Waals surface area contributed by atoms with Gasteiger partial charge in [-0.05, 0) is 19.4 Å². The normalized spacial score (nSPS) is 11.3. The molecular weight excluding hydrogens is 204 g/mol. The van der Waals surface area contributed by atoms with Gasteiger partial charge in [-0.3, -0.25) is 0 Å². The molecule has 0 saturated heterocycles. The molecule has 0 amide bonds. The van der Waals surface area contributed by atoms with Crippen molar-refractivity contribution in [3.63, 3.8) is 0 Å². The molecule has 0 aliphatic heterocycles. The molecule has 0 bridgehead atoms. The summed E-state index contributed by atoms with van der Waals surface area (Å²) in [5.74, 6) is -0.266. The van der Waals surface area contributed by atoms with Gasteiger partial charge in [0.2, 0.25) is 0 Å². The predicted molar refractivity (Wildman–Crippen MR) is 67.2 cm³/mol. The molecule has 0 aromatic carbocycles. The van der Waals surface area contributed by atoms with E-state index in [1.165, 1.54) is 6.08 Å². The first kappa shape index (κ1) is 13.9. The lowest BCUT2D eigenvalue weighted by molar-refractivity contribution is -0.137. The van der Waals surface area contributed by atoms with Gasteiger partial charge in [-0.1, -0.05) is 24.0 Å². The van der Waals surface area contributed by atoms with Crippen LogP contribution in [-0.4, -0.2) is 20.7 Å². The largest absolute Gasteiger partial charge is 0.463 e. The van der Waals surface area contributed by atoms with Crippen LogP contribution in [0.1, 0.15) is 13.3 Å². The molecule has 0 atom stereocenters. The van der Waals surface area contributed by atoms with Crippen molar-refractivity contribution in [3.8, 4) is 0 Å². The Morgan fingerprint density at radius 1 is 1.40 bits per heavy atom. The van der Waals surface area contributed by atoms with Gasteiger partial charge in [0.15, 0.2) is 0 Å². The highest BCUT2D eigenvalue weighted by Gasteiger charge is 2.17. The number of ether oxygens (including phenoxy) is 1. The smallest absolute Gasteiger partial charge is 0.330 e. The Labute approximate surface area is 93.3 Å². The first-order valence-corrected chi connectivity index (χ1v) is 8.01. The van der Waals surface area contributed by atoms with Crippen LogP contribution in [0, 0.1) is 0 Å². The summed E-state index contributed by atoms with van der Waals surface area (Å²) < 4.78 is 4.99. The Bertz CT molecular complexity index is 248. The summed E-state index contributed by atoms with van der Waals surface area (Å²) in [5, 5.41) is 0. The molecule has 0 spiro atoms. The summed E-state index contributed by atoms with van der Waals surface area (Å²) in [5.41, 5.74) is 4.02. The van der Waals surface area contributed by atoms with Gasteiger partial charge < -0.3 is 4.74 Å². The fourth-order valence-electron chi connectivity index (χ4n) is 1.10. The monoisotopic (exact) mass is 224 g/mol. The number of hydrogen-bond acceptors (Lipinski definition) is 2. The van der Waals surface area contributed by atoms with Gasteiger partial charge in [-0.2, -0.15) is 0 Å². The Morgan fingerprint density at radius 3 is 2.47 bits per heavy atom. The fourth-order valence-corrected chi connectivity index (χ4v) is 2.58. The lowest BCUT2D eigenvalue weighted by Gasteiger charge is -2.17. The molecular formula is C12H20O2Si. The van der Waals surface area contributed by atoms with E-state index in [1.54, 1.807) is 13.0 Å². The summed E-state index contributed by atoms with van der Waals surface area (Å²) in [7, 11) is -1.47. The maximum atomic E-state index is 11.0. The van der Waals surface area contributed by atoms with E-state index in [2.05, 4.69) is 19.7 Å². The van der Waals surface area contributed by atoms with Gasteiger partial charge in [-0.15, -0.1) is 13.2 Å². The van der Waals surface area contributed by atoms with Crippen LogP contribution >= 0.6 is 0 Å². The van der Waals surface area contributed by atoms with Crippen molar-refractivity contribution in [1.82, 2.24) is 0 Å². The molecule has 0 aliphatic rings. The lowest BCUT2D eigenvalue weighted by Crippen LogP contribution is -2.24. The number of carbonyl (C=O) groups excluding carboxylic acids is 1. The lowest BCUT2D eigenvalue weighted by atomic mass is 10.5. The molecule has 0 aromatic heterocycles. The minimum absolute atomic E-state index is 0.266. The van der Waals surface area contributed by atoms with E-state index in [0.717, 1.165) is 12.5 Å². The minimum Gasteiger partial charge on any atom is -0.463 e. The SMILES string of the molecule is C=C[Si](C)(C=C)CCCOC(=O)C=CC. The number of esters is 1. The third-order valence-corrected chi connectivity index (χ3v) is 5.64. The van der Waals surface area contributed by atoms with E-state index in [1.807, 2.05) is 11.4 Å². The zero-order valence-corrected chi connectivity index (χ0v) is 10.7. The first-order chi connectivity index (χ1) is 7.08. The Balaban J connectivity index is 3.75. The molecule has 0 rings (SSSR count). The van der Waals surface area contributed by atoms with E-state index in [0.29, 0.717) is 6.61 Å². The van der Waals surface area contributed by atoms with Gasteiger partial charge in [0.25, 0.3) is 0 Å². The van der Waals surface area contributed by atoms with Crippen molar-refractivity contribution >= 4 is 14.0 Å². The number of hydrogen-bond donors (Lipinski definition) is 0. The van der Waals surface area contributed by atoms with E-state index in [4.69, 9.17) is 4.74 Å².